The van der Waals surface area contributed by atoms with Crippen LogP contribution in [-0.4, -0.2) is 27.7 Å². The monoisotopic (exact) mass is 436 g/mol. The van der Waals surface area contributed by atoms with Gasteiger partial charge in [-0.25, -0.2) is 4.79 Å². The van der Waals surface area contributed by atoms with Crippen LogP contribution in [0.1, 0.15) is 56.5 Å². The fourth-order valence-corrected chi connectivity index (χ4v) is 4.16. The Labute approximate surface area is 186 Å². The van der Waals surface area contributed by atoms with Gasteiger partial charge < -0.3 is 19.4 Å². The summed E-state index contributed by atoms with van der Waals surface area (Å²) in [5.41, 5.74) is 0.246. The van der Waals surface area contributed by atoms with Gasteiger partial charge in [-0.05, 0) is 31.7 Å². The molecule has 1 aliphatic heterocycles. The van der Waals surface area contributed by atoms with Crippen LogP contribution in [0.3, 0.4) is 0 Å². The van der Waals surface area contributed by atoms with Gasteiger partial charge in [0.15, 0.2) is 5.78 Å². The Kier molecular flexibility index (Phi) is 5.59. The molecule has 0 aliphatic carbocycles. The van der Waals surface area contributed by atoms with Gasteiger partial charge >= 0.3 is 5.63 Å². The first kappa shape index (κ1) is 22.1. The number of aliphatic hydroxyl groups is 1. The molecule has 6 heteroatoms. The van der Waals surface area contributed by atoms with E-state index in [1.807, 2.05) is 44.2 Å². The van der Waals surface area contributed by atoms with Crippen LogP contribution in [0.5, 0.6) is 11.5 Å². The highest BCUT2D eigenvalue weighted by Gasteiger charge is 2.40. The average molecular weight is 437 g/mol. The van der Waals surface area contributed by atoms with Gasteiger partial charge in [0, 0.05) is 30.0 Å². The lowest BCUT2D eigenvalue weighted by molar-refractivity contribution is -0.0232. The van der Waals surface area contributed by atoms with Gasteiger partial charge in [0.2, 0.25) is 0 Å². The van der Waals surface area contributed by atoms with E-state index in [-0.39, 0.29) is 41.3 Å². The molecule has 0 saturated heterocycles. The van der Waals surface area contributed by atoms with Crippen LogP contribution < -0.4 is 10.4 Å². The summed E-state index contributed by atoms with van der Waals surface area (Å²) in [6, 6.07) is 10.5. The largest absolute Gasteiger partial charge is 0.506 e. The molecule has 0 saturated carbocycles. The zero-order valence-corrected chi connectivity index (χ0v) is 18.8. The molecule has 6 nitrogen and oxygen atoms in total. The van der Waals surface area contributed by atoms with Gasteiger partial charge in [-0.3, -0.25) is 4.79 Å². The van der Waals surface area contributed by atoms with Gasteiger partial charge in [-0.1, -0.05) is 44.2 Å². The van der Waals surface area contributed by atoms with E-state index in [1.165, 1.54) is 6.07 Å². The maximum Gasteiger partial charge on any atom is 0.336 e. The quantitative estimate of drug-likeness (QED) is 0.423. The number of rotatable bonds is 6. The maximum absolute atomic E-state index is 13.2. The fraction of sp³-hybridized carbons (Fsp3) is 0.385. The topological polar surface area (TPSA) is 97.0 Å². The van der Waals surface area contributed by atoms with E-state index in [0.29, 0.717) is 28.9 Å². The average Bonchev–Trinajstić information content (AvgIpc) is 3.18. The normalized spacial score (nSPS) is 15.8. The van der Waals surface area contributed by atoms with E-state index in [0.717, 1.165) is 5.56 Å². The van der Waals surface area contributed by atoms with Crippen LogP contribution in [0.15, 0.2) is 45.6 Å². The van der Waals surface area contributed by atoms with Crippen molar-refractivity contribution >= 4 is 16.8 Å². The number of fused-ring (bicyclic) bond motifs is 3. The Morgan fingerprint density at radius 2 is 1.91 bits per heavy atom. The predicted molar refractivity (Wildman–Crippen MR) is 122 cm³/mol. The molecule has 0 fully saturated rings. The number of phenols is 1. The second kappa shape index (κ2) is 8.10. The molecule has 1 unspecified atom stereocenters. The predicted octanol–water partition coefficient (Wildman–Crippen LogP) is 4.86. The molecule has 1 aliphatic rings. The smallest absolute Gasteiger partial charge is 0.336 e. The van der Waals surface area contributed by atoms with E-state index in [2.05, 4.69) is 0 Å². The molecule has 2 aromatic carbocycles. The molecular formula is C26H28O6. The lowest BCUT2D eigenvalue weighted by Crippen LogP contribution is -2.39. The zero-order chi connectivity index (χ0) is 23.2. The van der Waals surface area contributed by atoms with Crippen LogP contribution >= 0.6 is 0 Å². The number of phenolic OH excluding ortho intramolecular Hbond substituents is 1. The van der Waals surface area contributed by atoms with Crippen molar-refractivity contribution in [3.63, 3.8) is 0 Å². The second-order valence-corrected chi connectivity index (χ2v) is 9.40. The summed E-state index contributed by atoms with van der Waals surface area (Å²) in [7, 11) is 0. The minimum atomic E-state index is -1.20. The summed E-state index contributed by atoms with van der Waals surface area (Å²) in [5.74, 6) is 0.0178. The molecule has 2 heterocycles. The minimum Gasteiger partial charge on any atom is -0.506 e. The maximum atomic E-state index is 13.2. The molecule has 0 radical (unpaired) electrons. The van der Waals surface area contributed by atoms with Crippen LogP contribution in [0.2, 0.25) is 0 Å². The number of benzene rings is 2. The zero-order valence-electron chi connectivity index (χ0n) is 18.8. The Morgan fingerprint density at radius 3 is 2.53 bits per heavy atom. The molecule has 3 aromatic rings. The van der Waals surface area contributed by atoms with Crippen molar-refractivity contribution in [2.24, 2.45) is 5.92 Å². The third-order valence-corrected chi connectivity index (χ3v) is 5.96. The molecular weight excluding hydrogens is 408 g/mol. The van der Waals surface area contributed by atoms with Crippen LogP contribution in [0, 0.1) is 5.92 Å². The van der Waals surface area contributed by atoms with Crippen LogP contribution in [-0.2, 0) is 6.42 Å². The number of aromatic hydroxyl groups is 1. The molecule has 2 N–H and O–H groups in total. The SMILES string of the molecule is CC(C)CCC(=O)c1c2c(c3oc(=O)cc(-c4ccccc4)c3c1O)CC(C(C)(C)O)O2. The van der Waals surface area contributed by atoms with Crippen molar-refractivity contribution < 1.29 is 24.2 Å². The van der Waals surface area contributed by atoms with E-state index >= 15 is 0 Å². The first-order chi connectivity index (χ1) is 15.1. The molecule has 1 atom stereocenters. The molecule has 0 bridgehead atoms. The van der Waals surface area contributed by atoms with Gasteiger partial charge in [-0.2, -0.15) is 0 Å². The van der Waals surface area contributed by atoms with Crippen molar-refractivity contribution in [2.75, 3.05) is 0 Å². The standard InChI is InChI=1S/C26H28O6/c1-14(2)10-11-18(27)22-23(29)21-16(15-8-6-5-7-9-15)13-20(28)32-24(21)17-12-19(26(3,4)30)31-25(17)22/h5-9,13-14,19,29-30H,10-12H2,1-4H3. The number of hydrogen-bond acceptors (Lipinski definition) is 6. The Balaban J connectivity index is 2.03. The number of carbonyl (C=O) groups excluding carboxylic acids is 1. The minimum absolute atomic E-state index is 0.0888. The fourth-order valence-electron chi connectivity index (χ4n) is 4.16. The Bertz CT molecular complexity index is 1230. The van der Waals surface area contributed by atoms with Crippen molar-refractivity contribution in [2.45, 2.75) is 58.7 Å². The number of carbonyl (C=O) groups is 1. The third kappa shape index (κ3) is 3.91. The summed E-state index contributed by atoms with van der Waals surface area (Å²) in [6.45, 7) is 7.30. The number of ether oxygens (including phenoxy) is 1. The Hall–Kier alpha value is -3.12. The second-order valence-electron chi connectivity index (χ2n) is 9.40. The van der Waals surface area contributed by atoms with Crippen molar-refractivity contribution in [1.29, 1.82) is 0 Å². The van der Waals surface area contributed by atoms with Gasteiger partial charge in [0.25, 0.3) is 0 Å². The van der Waals surface area contributed by atoms with E-state index in [9.17, 15) is 19.8 Å². The number of Topliss-reactive ketones (excluding diaryl/α,β-unsaturated/α-hetero) is 1. The number of ketones is 1. The highest BCUT2D eigenvalue weighted by Crippen LogP contribution is 2.48. The van der Waals surface area contributed by atoms with Gasteiger partial charge in [0.1, 0.15) is 28.7 Å². The molecule has 1 aromatic heterocycles. The van der Waals surface area contributed by atoms with E-state index < -0.39 is 17.3 Å². The van der Waals surface area contributed by atoms with Crippen molar-refractivity contribution in [1.82, 2.24) is 0 Å². The summed E-state index contributed by atoms with van der Waals surface area (Å²) in [5, 5.41) is 22.2. The molecule has 0 spiro atoms. The highest BCUT2D eigenvalue weighted by atomic mass is 16.5. The van der Waals surface area contributed by atoms with E-state index in [1.54, 1.807) is 13.8 Å². The van der Waals surface area contributed by atoms with Crippen LogP contribution in [0.4, 0.5) is 0 Å². The molecule has 32 heavy (non-hydrogen) atoms. The lowest BCUT2D eigenvalue weighted by Gasteiger charge is -2.24. The van der Waals surface area contributed by atoms with Crippen molar-refractivity contribution in [3.8, 4) is 22.6 Å². The molecule has 168 valence electrons. The lowest BCUT2D eigenvalue weighted by atomic mass is 9.90. The molecule has 4 rings (SSSR count). The Morgan fingerprint density at radius 1 is 1.22 bits per heavy atom. The molecule has 0 amide bonds. The first-order valence-electron chi connectivity index (χ1n) is 10.9. The summed E-state index contributed by atoms with van der Waals surface area (Å²) >= 11 is 0. The summed E-state index contributed by atoms with van der Waals surface area (Å²) in [4.78, 5) is 25.7. The number of hydrogen-bond donors (Lipinski definition) is 2. The van der Waals surface area contributed by atoms with Crippen molar-refractivity contribution in [3.05, 3.63) is 57.9 Å². The highest BCUT2D eigenvalue weighted by molar-refractivity contribution is 6.11. The summed E-state index contributed by atoms with van der Waals surface area (Å²) < 4.78 is 11.6. The summed E-state index contributed by atoms with van der Waals surface area (Å²) in [6.07, 6.45) is 0.512. The van der Waals surface area contributed by atoms with Gasteiger partial charge in [0.05, 0.1) is 11.0 Å². The van der Waals surface area contributed by atoms with Gasteiger partial charge in [-0.15, -0.1) is 0 Å². The third-order valence-electron chi connectivity index (χ3n) is 5.96. The first-order valence-corrected chi connectivity index (χ1v) is 10.9. The van der Waals surface area contributed by atoms with E-state index in [4.69, 9.17) is 9.15 Å². The van der Waals surface area contributed by atoms with Crippen LogP contribution in [0.25, 0.3) is 22.1 Å².